The molecule has 2 fully saturated rings. The van der Waals surface area contributed by atoms with Gasteiger partial charge < -0.3 is 24.6 Å². The van der Waals surface area contributed by atoms with Crippen LogP contribution in [0.5, 0.6) is 5.75 Å². The molecule has 2 bridgehead atoms. The third kappa shape index (κ3) is 3.83. The normalized spacial score (nSPS) is 24.1. The Morgan fingerprint density at radius 1 is 1.20 bits per heavy atom. The van der Waals surface area contributed by atoms with Gasteiger partial charge in [-0.25, -0.2) is 8.78 Å². The van der Waals surface area contributed by atoms with Crippen LogP contribution in [0, 0.1) is 11.6 Å². The number of nitrogens with one attached hydrogen (secondary N) is 1. The Morgan fingerprint density at radius 3 is 2.63 bits per heavy atom. The number of pyridine rings is 1. The van der Waals surface area contributed by atoms with Crippen LogP contribution in [0.25, 0.3) is 0 Å². The zero-order valence-electron chi connectivity index (χ0n) is 17.8. The summed E-state index contributed by atoms with van der Waals surface area (Å²) in [5.41, 5.74) is -3.70. The molecule has 2 aliphatic heterocycles. The van der Waals surface area contributed by atoms with Crippen LogP contribution in [0.1, 0.15) is 51.7 Å². The minimum absolute atomic E-state index is 0.0581. The molecule has 2 aromatic rings. The minimum atomic E-state index is -5.20. The quantitative estimate of drug-likeness (QED) is 0.633. The first-order valence-corrected chi connectivity index (χ1v) is 10.7. The van der Waals surface area contributed by atoms with Gasteiger partial charge in [-0.15, -0.1) is 0 Å². The Kier molecular flexibility index (Phi) is 5.34. The first kappa shape index (κ1) is 23.3. The molecular formula is C22H18F5N3O5. The first-order chi connectivity index (χ1) is 16.5. The van der Waals surface area contributed by atoms with Crippen molar-refractivity contribution in [2.75, 3.05) is 0 Å². The number of alkyl halides is 3. The summed E-state index contributed by atoms with van der Waals surface area (Å²) in [5.74, 6) is -6.00. The van der Waals surface area contributed by atoms with Gasteiger partial charge in [-0.3, -0.25) is 14.4 Å². The zero-order valence-corrected chi connectivity index (χ0v) is 17.8. The summed E-state index contributed by atoms with van der Waals surface area (Å²) in [4.78, 5) is 39.9. The number of carbonyl (C=O) groups excluding carboxylic acids is 2. The summed E-state index contributed by atoms with van der Waals surface area (Å²) in [6.07, 6.45) is -3.08. The molecule has 4 atom stereocenters. The highest BCUT2D eigenvalue weighted by molar-refractivity contribution is 5.99. The average molecular weight is 499 g/mol. The maximum Gasteiger partial charge on any atom is 0.412 e. The Labute approximate surface area is 193 Å². The lowest BCUT2D eigenvalue weighted by Gasteiger charge is -2.44. The molecule has 1 saturated heterocycles. The van der Waals surface area contributed by atoms with Crippen LogP contribution in [0.3, 0.4) is 0 Å². The van der Waals surface area contributed by atoms with Gasteiger partial charge in [0, 0.05) is 23.9 Å². The number of hydrogen-bond acceptors (Lipinski definition) is 5. The van der Waals surface area contributed by atoms with Gasteiger partial charge >= 0.3 is 6.18 Å². The molecule has 186 valence electrons. The van der Waals surface area contributed by atoms with Gasteiger partial charge in [0.05, 0.1) is 12.6 Å². The Morgan fingerprint density at radius 2 is 1.94 bits per heavy atom. The van der Waals surface area contributed by atoms with Gasteiger partial charge in [0.25, 0.3) is 11.8 Å². The van der Waals surface area contributed by atoms with Gasteiger partial charge in [-0.2, -0.15) is 13.2 Å². The number of benzene rings is 1. The van der Waals surface area contributed by atoms with E-state index in [0.717, 1.165) is 17.2 Å². The highest BCUT2D eigenvalue weighted by atomic mass is 19.4. The summed E-state index contributed by atoms with van der Waals surface area (Å²) in [7, 11) is 0. The van der Waals surface area contributed by atoms with Crippen LogP contribution < -0.4 is 10.7 Å². The van der Waals surface area contributed by atoms with E-state index < -0.39 is 69.9 Å². The third-order valence-corrected chi connectivity index (χ3v) is 6.58. The average Bonchev–Trinajstić information content (AvgIpc) is 3.14. The van der Waals surface area contributed by atoms with Crippen LogP contribution >= 0.6 is 0 Å². The summed E-state index contributed by atoms with van der Waals surface area (Å²) in [6.45, 7) is -0.0581. The van der Waals surface area contributed by atoms with Gasteiger partial charge in [0.2, 0.25) is 5.43 Å². The zero-order chi connectivity index (χ0) is 25.2. The number of aromatic nitrogens is 1. The molecule has 35 heavy (non-hydrogen) atoms. The summed E-state index contributed by atoms with van der Waals surface area (Å²) < 4.78 is 75.2. The molecule has 2 N–H and O–H groups in total. The SMILES string of the molecule is O=C(N[C@@H](c1ccc(F)cc1F)C(F)(F)F)c1cn2c(c(O)c1=O)C(=O)N1[C@@H]3CC[C@@H](C3)O[C@H]1C2. The molecular weight excluding hydrogens is 481 g/mol. The number of carbonyl (C=O) groups is 2. The van der Waals surface area contributed by atoms with Gasteiger partial charge in [-0.1, -0.05) is 6.07 Å². The molecule has 2 amide bonds. The van der Waals surface area contributed by atoms with Crippen molar-refractivity contribution >= 4 is 11.8 Å². The first-order valence-electron chi connectivity index (χ1n) is 10.7. The predicted molar refractivity (Wildman–Crippen MR) is 107 cm³/mol. The monoisotopic (exact) mass is 499 g/mol. The van der Waals surface area contributed by atoms with E-state index in [2.05, 4.69) is 0 Å². The van der Waals surface area contributed by atoms with Crippen molar-refractivity contribution in [3.05, 3.63) is 63.1 Å². The molecule has 1 aromatic heterocycles. The molecule has 3 aliphatic rings. The van der Waals surface area contributed by atoms with E-state index in [9.17, 15) is 41.4 Å². The second-order valence-electron chi connectivity index (χ2n) is 8.73. The van der Waals surface area contributed by atoms with Crippen molar-refractivity contribution < 1.29 is 41.4 Å². The number of aromatic hydroxyl groups is 1. The fraction of sp³-hybridized carbons (Fsp3) is 0.409. The number of hydrogen-bond donors (Lipinski definition) is 2. The molecule has 0 unspecified atom stereocenters. The van der Waals surface area contributed by atoms with E-state index in [4.69, 9.17) is 4.74 Å². The Balaban J connectivity index is 1.50. The second kappa shape index (κ2) is 8.04. The summed E-state index contributed by atoms with van der Waals surface area (Å²) >= 11 is 0. The molecule has 13 heteroatoms. The fourth-order valence-corrected chi connectivity index (χ4v) is 5.00. The van der Waals surface area contributed by atoms with Crippen molar-refractivity contribution in [1.82, 2.24) is 14.8 Å². The smallest absolute Gasteiger partial charge is 0.412 e. The second-order valence-corrected chi connectivity index (χ2v) is 8.73. The van der Waals surface area contributed by atoms with Crippen molar-refractivity contribution in [2.24, 2.45) is 0 Å². The summed E-state index contributed by atoms with van der Waals surface area (Å²) in [6, 6.07) is -1.68. The Bertz CT molecular complexity index is 1290. The lowest BCUT2D eigenvalue weighted by molar-refractivity contribution is -0.155. The number of amides is 2. The number of rotatable bonds is 3. The predicted octanol–water partition coefficient (Wildman–Crippen LogP) is 2.60. The van der Waals surface area contributed by atoms with Crippen LogP contribution in [-0.2, 0) is 11.3 Å². The molecule has 1 saturated carbocycles. The molecule has 3 heterocycles. The van der Waals surface area contributed by atoms with Crippen LogP contribution in [0.15, 0.2) is 29.2 Å². The van der Waals surface area contributed by atoms with E-state index in [-0.39, 0.29) is 24.8 Å². The Hall–Kier alpha value is -3.48. The van der Waals surface area contributed by atoms with Crippen LogP contribution in [0.4, 0.5) is 22.0 Å². The van der Waals surface area contributed by atoms with Crippen molar-refractivity contribution in [1.29, 1.82) is 0 Å². The lowest BCUT2D eigenvalue weighted by atomic mass is 10.0. The van der Waals surface area contributed by atoms with Crippen LogP contribution in [-0.4, -0.2) is 50.9 Å². The highest BCUT2D eigenvalue weighted by Gasteiger charge is 2.48. The third-order valence-electron chi connectivity index (χ3n) is 6.58. The van der Waals surface area contributed by atoms with E-state index in [1.165, 1.54) is 10.2 Å². The van der Waals surface area contributed by atoms with Crippen LogP contribution in [0.2, 0.25) is 0 Å². The van der Waals surface area contributed by atoms with Gasteiger partial charge in [-0.05, 0) is 25.3 Å². The van der Waals surface area contributed by atoms with E-state index in [1.54, 1.807) is 0 Å². The number of halogens is 5. The molecule has 5 rings (SSSR count). The number of ether oxygens (including phenoxy) is 1. The molecule has 1 aromatic carbocycles. The molecule has 0 spiro atoms. The van der Waals surface area contributed by atoms with Crippen molar-refractivity contribution in [2.45, 2.75) is 56.4 Å². The summed E-state index contributed by atoms with van der Waals surface area (Å²) in [5, 5.41) is 12.0. The largest absolute Gasteiger partial charge is 0.503 e. The number of fused-ring (bicyclic) bond motifs is 5. The van der Waals surface area contributed by atoms with E-state index in [1.807, 2.05) is 0 Å². The standard InChI is InChI=1S/C22H18F5N3O5/c23-9-1-4-12(14(24)5-9)19(22(25,26)27)28-20(33)13-7-29-8-15-30(10-2-3-11(6-10)35-15)21(34)16(29)18(32)17(13)31/h1,4-5,7,10-11,15,19,32H,2-3,6,8H2,(H,28,33)/t10-,11+,15+,19+/m1/s1. The number of nitrogens with zero attached hydrogens (tertiary/aromatic N) is 2. The highest BCUT2D eigenvalue weighted by Crippen LogP contribution is 2.39. The van der Waals surface area contributed by atoms with Crippen molar-refractivity contribution in [3.8, 4) is 5.75 Å². The van der Waals surface area contributed by atoms with Gasteiger partial charge in [0.15, 0.2) is 23.7 Å². The van der Waals surface area contributed by atoms with Gasteiger partial charge in [0.1, 0.15) is 17.2 Å². The fourth-order valence-electron chi connectivity index (χ4n) is 5.00. The molecule has 8 nitrogen and oxygen atoms in total. The molecule has 0 radical (unpaired) electrons. The lowest BCUT2D eigenvalue weighted by Crippen LogP contribution is -2.57. The van der Waals surface area contributed by atoms with E-state index >= 15 is 0 Å². The van der Waals surface area contributed by atoms with E-state index in [0.29, 0.717) is 25.0 Å². The topological polar surface area (TPSA) is 101 Å². The maximum absolute atomic E-state index is 14.1. The van der Waals surface area contributed by atoms with Crippen molar-refractivity contribution in [3.63, 3.8) is 0 Å². The maximum atomic E-state index is 14.1. The molecule has 1 aliphatic carbocycles. The minimum Gasteiger partial charge on any atom is -0.503 e.